The summed E-state index contributed by atoms with van der Waals surface area (Å²) < 4.78 is 6.09. The maximum Gasteiger partial charge on any atom is 0.243 e. The Balaban J connectivity index is 1.33. The summed E-state index contributed by atoms with van der Waals surface area (Å²) >= 11 is 0. The van der Waals surface area contributed by atoms with Gasteiger partial charge in [-0.05, 0) is 83.5 Å². The van der Waals surface area contributed by atoms with Gasteiger partial charge in [0.15, 0.2) is 0 Å². The molecule has 1 aliphatic rings. The monoisotopic (exact) mass is 506 g/mol. The molecular weight excluding hydrogens is 472 g/mol. The quantitative estimate of drug-likeness (QED) is 0.107. The van der Waals surface area contributed by atoms with Crippen molar-refractivity contribution in [3.05, 3.63) is 119 Å². The average molecular weight is 507 g/mol. The van der Waals surface area contributed by atoms with Crippen molar-refractivity contribution < 1.29 is 14.7 Å². The van der Waals surface area contributed by atoms with Gasteiger partial charge in [-0.2, -0.15) is 0 Å². The van der Waals surface area contributed by atoms with Crippen molar-refractivity contribution in [2.24, 2.45) is 0 Å². The van der Waals surface area contributed by atoms with Crippen LogP contribution < -0.4 is 10.2 Å². The van der Waals surface area contributed by atoms with E-state index in [-0.39, 0.29) is 5.91 Å². The predicted molar refractivity (Wildman–Crippen MR) is 150 cm³/mol. The first-order valence-corrected chi connectivity index (χ1v) is 13.4. The molecule has 1 amide bonds. The van der Waals surface area contributed by atoms with Gasteiger partial charge in [0.25, 0.3) is 0 Å². The van der Waals surface area contributed by atoms with Crippen LogP contribution in [0.3, 0.4) is 0 Å². The van der Waals surface area contributed by atoms with Crippen molar-refractivity contribution in [3.8, 4) is 22.6 Å². The molecule has 194 valence electrons. The summed E-state index contributed by atoms with van der Waals surface area (Å²) in [6, 6.07) is 33.6. The van der Waals surface area contributed by atoms with Crippen molar-refractivity contribution in [3.63, 3.8) is 0 Å². The molecule has 5 nitrogen and oxygen atoms in total. The van der Waals surface area contributed by atoms with E-state index in [9.17, 15) is 4.79 Å². The third kappa shape index (κ3) is 6.49. The van der Waals surface area contributed by atoms with Gasteiger partial charge in [0.2, 0.25) is 5.91 Å². The van der Waals surface area contributed by atoms with Gasteiger partial charge in [0.05, 0.1) is 0 Å². The number of hydroxylamine groups is 1. The largest absolute Gasteiger partial charge is 0.457 e. The molecule has 1 aliphatic carbocycles. The molecule has 2 N–H and O–H groups in total. The number of nitrogens with one attached hydrogen (secondary N) is 1. The molecule has 0 radical (unpaired) electrons. The molecule has 0 spiro atoms. The van der Waals surface area contributed by atoms with Crippen LogP contribution >= 0.6 is 0 Å². The first kappa shape index (κ1) is 25.7. The number of para-hydroxylation sites is 1. The Labute approximate surface area is 224 Å². The highest BCUT2D eigenvalue weighted by Crippen LogP contribution is 2.39. The molecule has 0 atom stereocenters. The number of unbranched alkanes of at least 4 members (excludes halogenated alkanes) is 2. The summed E-state index contributed by atoms with van der Waals surface area (Å²) in [5.74, 6) is 1.33. The molecule has 0 aliphatic heterocycles. The molecule has 0 saturated carbocycles. The Morgan fingerprint density at radius 1 is 0.789 bits per heavy atom. The van der Waals surface area contributed by atoms with Crippen LogP contribution in [0.5, 0.6) is 11.5 Å². The van der Waals surface area contributed by atoms with E-state index in [4.69, 9.17) is 9.94 Å². The van der Waals surface area contributed by atoms with Crippen LogP contribution in [0.1, 0.15) is 47.9 Å². The third-order valence-electron chi connectivity index (χ3n) is 7.09. The highest BCUT2D eigenvalue weighted by Gasteiger charge is 2.22. The minimum absolute atomic E-state index is 0.324. The van der Waals surface area contributed by atoms with Crippen LogP contribution in [-0.2, 0) is 24.3 Å². The van der Waals surface area contributed by atoms with Crippen molar-refractivity contribution in [2.75, 3.05) is 6.54 Å². The van der Waals surface area contributed by atoms with Crippen molar-refractivity contribution in [2.45, 2.75) is 45.2 Å². The predicted octanol–water partition coefficient (Wildman–Crippen LogP) is 7.12. The molecule has 38 heavy (non-hydrogen) atoms. The number of rotatable bonds is 12. The number of fused-ring (bicyclic) bond motifs is 3. The highest BCUT2D eigenvalue weighted by atomic mass is 16.5. The van der Waals surface area contributed by atoms with Crippen molar-refractivity contribution in [1.29, 1.82) is 0 Å². The van der Waals surface area contributed by atoms with Crippen LogP contribution in [0, 0.1) is 0 Å². The summed E-state index contributed by atoms with van der Waals surface area (Å²) in [7, 11) is 0. The maximum absolute atomic E-state index is 11.4. The Bertz CT molecular complexity index is 1370. The van der Waals surface area contributed by atoms with E-state index in [2.05, 4.69) is 65.6 Å². The van der Waals surface area contributed by atoms with E-state index in [0.29, 0.717) is 6.42 Å². The van der Waals surface area contributed by atoms with Gasteiger partial charge in [-0.3, -0.25) is 14.9 Å². The second-order valence-corrected chi connectivity index (χ2v) is 9.90. The summed E-state index contributed by atoms with van der Waals surface area (Å²) in [5.41, 5.74) is 9.81. The van der Waals surface area contributed by atoms with E-state index in [1.165, 1.54) is 33.4 Å². The number of nitrogens with zero attached hydrogens (tertiary/aromatic N) is 1. The number of hydrogen-bond acceptors (Lipinski definition) is 4. The Kier molecular flexibility index (Phi) is 8.49. The van der Waals surface area contributed by atoms with Crippen LogP contribution in [0.15, 0.2) is 97.1 Å². The molecule has 4 aromatic rings. The fraction of sp³-hybridized carbons (Fsp3) is 0.242. The van der Waals surface area contributed by atoms with E-state index in [0.717, 1.165) is 56.8 Å². The average Bonchev–Trinajstić information content (AvgIpc) is 3.33. The molecule has 5 heteroatoms. The van der Waals surface area contributed by atoms with Gasteiger partial charge in [-0.25, -0.2) is 5.48 Å². The van der Waals surface area contributed by atoms with Gasteiger partial charge in [-0.1, -0.05) is 79.2 Å². The van der Waals surface area contributed by atoms with E-state index in [1.807, 2.05) is 36.4 Å². The number of carbonyl (C=O) groups excluding carboxylic acids is 1. The van der Waals surface area contributed by atoms with Gasteiger partial charge >= 0.3 is 0 Å². The van der Waals surface area contributed by atoms with Gasteiger partial charge in [-0.15, -0.1) is 0 Å². The summed E-state index contributed by atoms with van der Waals surface area (Å²) in [4.78, 5) is 13.9. The fourth-order valence-electron chi connectivity index (χ4n) is 5.30. The zero-order chi connectivity index (χ0) is 26.2. The molecule has 0 heterocycles. The topological polar surface area (TPSA) is 61.8 Å². The van der Waals surface area contributed by atoms with Gasteiger partial charge < -0.3 is 4.74 Å². The van der Waals surface area contributed by atoms with E-state index < -0.39 is 0 Å². The fourth-order valence-corrected chi connectivity index (χ4v) is 5.30. The van der Waals surface area contributed by atoms with Crippen LogP contribution in [0.2, 0.25) is 0 Å². The number of ether oxygens (including phenoxy) is 1. The lowest BCUT2D eigenvalue weighted by molar-refractivity contribution is -0.129. The number of hydrogen-bond donors (Lipinski definition) is 2. The zero-order valence-corrected chi connectivity index (χ0v) is 21.6. The molecule has 0 unspecified atom stereocenters. The molecule has 0 fully saturated rings. The van der Waals surface area contributed by atoms with E-state index in [1.54, 1.807) is 5.48 Å². The highest BCUT2D eigenvalue weighted by molar-refractivity contribution is 5.79. The van der Waals surface area contributed by atoms with Crippen LogP contribution in [0.4, 0.5) is 0 Å². The van der Waals surface area contributed by atoms with Gasteiger partial charge in [0.1, 0.15) is 11.5 Å². The first-order chi connectivity index (χ1) is 18.7. The maximum atomic E-state index is 11.4. The molecule has 0 saturated heterocycles. The molecule has 0 bridgehead atoms. The van der Waals surface area contributed by atoms with Crippen molar-refractivity contribution >= 4 is 5.91 Å². The second kappa shape index (κ2) is 12.5. The summed E-state index contributed by atoms with van der Waals surface area (Å²) in [6.07, 6.45) is 4.00. The minimum Gasteiger partial charge on any atom is -0.457 e. The van der Waals surface area contributed by atoms with Crippen molar-refractivity contribution in [1.82, 2.24) is 10.4 Å². The standard InChI is InChI=1S/C33H34N2O3/c36-32(34-37)19-5-2-8-20-35(23-25-11-9-17-30(21-25)38-29-15-3-1-4-16-29)24-28-14-10-13-27-22-26-12-6-7-18-31(26)33(27)28/h1,3-4,6-7,9-18,21,37H,2,5,8,19-20,22-24H2,(H,34,36). The molecule has 4 aromatic carbocycles. The first-order valence-electron chi connectivity index (χ1n) is 13.4. The third-order valence-corrected chi connectivity index (χ3v) is 7.09. The lowest BCUT2D eigenvalue weighted by Crippen LogP contribution is -2.24. The lowest BCUT2D eigenvalue weighted by atomic mass is 9.99. The number of amides is 1. The Hall–Kier alpha value is -3.93. The number of benzene rings is 4. The normalized spacial score (nSPS) is 11.7. The van der Waals surface area contributed by atoms with Crippen LogP contribution in [0.25, 0.3) is 11.1 Å². The van der Waals surface area contributed by atoms with E-state index >= 15 is 0 Å². The minimum atomic E-state index is -0.324. The second-order valence-electron chi connectivity index (χ2n) is 9.90. The smallest absolute Gasteiger partial charge is 0.243 e. The molecule has 5 rings (SSSR count). The van der Waals surface area contributed by atoms with Crippen LogP contribution in [-0.4, -0.2) is 22.6 Å². The lowest BCUT2D eigenvalue weighted by Gasteiger charge is -2.24. The molecule has 0 aromatic heterocycles. The summed E-state index contributed by atoms with van der Waals surface area (Å²) in [5, 5.41) is 8.75. The zero-order valence-electron chi connectivity index (χ0n) is 21.6. The Morgan fingerprint density at radius 2 is 1.55 bits per heavy atom. The molecular formula is C33H34N2O3. The SMILES string of the molecule is O=C(CCCCCN(Cc1cccc(Oc2ccccc2)c1)Cc1cccc2c1-c1ccccc1C2)NO. The Morgan fingerprint density at radius 3 is 2.42 bits per heavy atom. The summed E-state index contributed by atoms with van der Waals surface area (Å²) in [6.45, 7) is 2.56. The van der Waals surface area contributed by atoms with Gasteiger partial charge in [0, 0.05) is 19.5 Å². The number of carbonyl (C=O) groups is 1.